The van der Waals surface area contributed by atoms with Crippen molar-refractivity contribution in [3.05, 3.63) is 61.2 Å². The number of benzene rings is 1. The Kier molecular flexibility index (Phi) is 15.7. The zero-order valence-corrected chi connectivity index (χ0v) is 15.9. The van der Waals surface area contributed by atoms with Gasteiger partial charge in [-0.3, -0.25) is 0 Å². The second-order valence-corrected chi connectivity index (χ2v) is 5.26. The zero-order chi connectivity index (χ0) is 17.5. The Hall–Kier alpha value is -1.07. The summed E-state index contributed by atoms with van der Waals surface area (Å²) >= 11 is 0. The fourth-order valence-electron chi connectivity index (χ4n) is 1.67. The second kappa shape index (κ2) is 16.4. The predicted molar refractivity (Wildman–Crippen MR) is 104 cm³/mol. The van der Waals surface area contributed by atoms with Crippen molar-refractivity contribution in [2.75, 3.05) is 39.6 Å². The van der Waals surface area contributed by atoms with Crippen molar-refractivity contribution >= 4 is 9.90 Å². The number of aliphatic hydroxyl groups excluding tert-OH is 1. The minimum atomic E-state index is -0.580. The van der Waals surface area contributed by atoms with E-state index in [9.17, 15) is 5.11 Å². The van der Waals surface area contributed by atoms with Crippen molar-refractivity contribution in [1.82, 2.24) is 0 Å². The minimum absolute atomic E-state index is 0. The van der Waals surface area contributed by atoms with Crippen LogP contribution in [0.3, 0.4) is 0 Å². The number of ether oxygens (including phenoxy) is 4. The van der Waals surface area contributed by atoms with Gasteiger partial charge in [0.2, 0.25) is 0 Å². The molecule has 1 fully saturated rings. The molecule has 2 atom stereocenters. The summed E-state index contributed by atoms with van der Waals surface area (Å²) in [4.78, 5) is 0. The quantitative estimate of drug-likeness (QED) is 0.266. The average molecular weight is 369 g/mol. The van der Waals surface area contributed by atoms with Crippen LogP contribution in [0.15, 0.2) is 55.6 Å². The molecule has 5 nitrogen and oxygen atoms in total. The Balaban J connectivity index is 0.000000540. The van der Waals surface area contributed by atoms with Gasteiger partial charge in [0.25, 0.3) is 0 Å². The lowest BCUT2D eigenvalue weighted by atomic mass is 10.2. The van der Waals surface area contributed by atoms with Gasteiger partial charge in [-0.15, -0.1) is 13.2 Å². The van der Waals surface area contributed by atoms with E-state index in [1.54, 1.807) is 12.2 Å². The van der Waals surface area contributed by atoms with Crippen molar-refractivity contribution in [3.63, 3.8) is 0 Å². The molecule has 1 saturated heterocycles. The van der Waals surface area contributed by atoms with Gasteiger partial charge in [-0.05, 0) is 5.56 Å². The molecule has 142 valence electrons. The van der Waals surface area contributed by atoms with Crippen LogP contribution in [0.5, 0.6) is 0 Å². The topological polar surface area (TPSA) is 60.5 Å². The number of rotatable bonds is 12. The van der Waals surface area contributed by atoms with Crippen LogP contribution in [0.25, 0.3) is 0 Å². The molecule has 1 aliphatic rings. The van der Waals surface area contributed by atoms with Crippen molar-refractivity contribution in [1.29, 1.82) is 0 Å². The highest BCUT2D eigenvalue weighted by molar-refractivity contribution is 6.92. The molecule has 1 aliphatic heterocycles. The van der Waals surface area contributed by atoms with Crippen molar-refractivity contribution in [2.45, 2.75) is 18.8 Å². The summed E-state index contributed by atoms with van der Waals surface area (Å²) < 4.78 is 20.4. The maximum absolute atomic E-state index is 9.47. The van der Waals surface area contributed by atoms with Gasteiger partial charge < -0.3 is 34.0 Å². The minimum Gasteiger partial charge on any atom is -0.577 e. The third-order valence-corrected chi connectivity index (χ3v) is 2.91. The van der Waals surface area contributed by atoms with Gasteiger partial charge in [0.05, 0.1) is 46.2 Å². The first-order valence-corrected chi connectivity index (χ1v) is 8.04. The van der Waals surface area contributed by atoms with Gasteiger partial charge in [-0.1, -0.05) is 42.5 Å². The van der Waals surface area contributed by atoms with E-state index in [1.807, 2.05) is 30.3 Å². The molecular formula is C19H30O5P-. The Bertz CT molecular complexity index is 437. The molecule has 0 amide bonds. The Morgan fingerprint density at radius 1 is 1.08 bits per heavy atom. The smallest absolute Gasteiger partial charge is 0.104 e. The first-order valence-electron chi connectivity index (χ1n) is 8.04. The van der Waals surface area contributed by atoms with E-state index >= 15 is 0 Å². The van der Waals surface area contributed by atoms with Crippen LogP contribution in [0, 0.1) is 0 Å². The second-order valence-electron chi connectivity index (χ2n) is 5.26. The number of hydrogen-bond donors (Lipinski definition) is 1. The van der Waals surface area contributed by atoms with Crippen LogP contribution >= 0.6 is 9.90 Å². The molecule has 25 heavy (non-hydrogen) atoms. The van der Waals surface area contributed by atoms with Crippen LogP contribution in [0.2, 0.25) is 0 Å². The highest BCUT2D eigenvalue weighted by atomic mass is 31.0. The molecular weight excluding hydrogens is 339 g/mol. The van der Waals surface area contributed by atoms with Gasteiger partial charge in [-0.2, -0.15) is 0 Å². The summed E-state index contributed by atoms with van der Waals surface area (Å²) in [5.41, 5.74) is 1.10. The van der Waals surface area contributed by atoms with Crippen LogP contribution in [0.4, 0.5) is 0 Å². The van der Waals surface area contributed by atoms with Crippen molar-refractivity contribution in [2.24, 2.45) is 0 Å². The van der Waals surface area contributed by atoms with E-state index in [1.165, 1.54) is 0 Å². The van der Waals surface area contributed by atoms with Gasteiger partial charge >= 0.3 is 0 Å². The predicted octanol–water partition coefficient (Wildman–Crippen LogP) is 2.68. The number of aliphatic hydroxyl groups is 1. The zero-order valence-electron chi connectivity index (χ0n) is 14.7. The first kappa shape index (κ1) is 23.9. The fraction of sp³-hybridized carbons (Fsp3) is 0.474. The van der Waals surface area contributed by atoms with Crippen molar-refractivity contribution in [3.8, 4) is 0 Å². The molecule has 0 spiro atoms. The maximum Gasteiger partial charge on any atom is 0.104 e. The standard InChI is InChI=1S/C13H18O3.C6H10O2.H2P/c1-2-8-15-10-13(14)11-16-9-12-6-4-3-5-7-12;1-2-3-7-4-6-5-8-6;/h2-7,13-14H,1,8-11H2;2,6H,1,3-5H2;1H2/q;;-1. The van der Waals surface area contributed by atoms with Crippen LogP contribution < -0.4 is 0 Å². The lowest BCUT2D eigenvalue weighted by molar-refractivity contribution is -0.0179. The highest BCUT2D eigenvalue weighted by Crippen LogP contribution is 2.07. The van der Waals surface area contributed by atoms with Crippen LogP contribution in [-0.2, 0) is 25.6 Å². The SMILES string of the molecule is C=CCOCC(O)COCc1ccccc1.C=CCOCC1CO1.[PH2-]. The molecule has 6 heteroatoms. The van der Waals surface area contributed by atoms with E-state index in [0.717, 1.165) is 18.8 Å². The molecule has 1 heterocycles. The third-order valence-electron chi connectivity index (χ3n) is 2.91. The molecule has 1 aromatic carbocycles. The van der Waals surface area contributed by atoms with Gasteiger partial charge in [0.15, 0.2) is 0 Å². The number of epoxide rings is 1. The molecule has 0 saturated carbocycles. The van der Waals surface area contributed by atoms with Gasteiger partial charge in [0.1, 0.15) is 12.2 Å². The molecule has 1 N–H and O–H groups in total. The third kappa shape index (κ3) is 14.9. The Morgan fingerprint density at radius 2 is 1.68 bits per heavy atom. The van der Waals surface area contributed by atoms with Gasteiger partial charge in [-0.25, -0.2) is 0 Å². The summed E-state index contributed by atoms with van der Waals surface area (Å²) in [7, 11) is 0. The first-order chi connectivity index (χ1) is 11.8. The largest absolute Gasteiger partial charge is 0.577 e. The lowest BCUT2D eigenvalue weighted by Crippen LogP contribution is -2.21. The summed E-state index contributed by atoms with van der Waals surface area (Å²) in [6.07, 6.45) is 3.19. The number of hydrogen-bond acceptors (Lipinski definition) is 5. The average Bonchev–Trinajstić information content (AvgIpc) is 3.41. The molecule has 0 aromatic heterocycles. The summed E-state index contributed by atoms with van der Waals surface area (Å²) in [6.45, 7) is 10.8. The van der Waals surface area contributed by atoms with Crippen LogP contribution in [0.1, 0.15) is 5.56 Å². The Morgan fingerprint density at radius 3 is 2.28 bits per heavy atom. The Labute approximate surface area is 154 Å². The fourth-order valence-corrected chi connectivity index (χ4v) is 1.67. The van der Waals surface area contributed by atoms with E-state index in [2.05, 4.69) is 13.2 Å². The van der Waals surface area contributed by atoms with E-state index < -0.39 is 6.10 Å². The van der Waals surface area contributed by atoms with Gasteiger partial charge in [0, 0.05) is 0 Å². The molecule has 1 aromatic rings. The van der Waals surface area contributed by atoms with E-state index in [4.69, 9.17) is 18.9 Å². The molecule has 0 aliphatic carbocycles. The summed E-state index contributed by atoms with van der Waals surface area (Å²) in [6, 6.07) is 9.85. The van der Waals surface area contributed by atoms with E-state index in [0.29, 0.717) is 25.9 Å². The lowest BCUT2D eigenvalue weighted by Gasteiger charge is -2.11. The molecule has 2 unspecified atom stereocenters. The molecule has 0 bridgehead atoms. The molecule has 2 rings (SSSR count). The van der Waals surface area contributed by atoms with Crippen molar-refractivity contribution < 1.29 is 24.1 Å². The highest BCUT2D eigenvalue weighted by Gasteiger charge is 2.21. The normalized spacial score (nSPS) is 16.0. The summed E-state index contributed by atoms with van der Waals surface area (Å²) in [5.74, 6) is 0. The monoisotopic (exact) mass is 369 g/mol. The maximum atomic E-state index is 9.47. The van der Waals surface area contributed by atoms with E-state index in [-0.39, 0.29) is 23.1 Å². The summed E-state index contributed by atoms with van der Waals surface area (Å²) in [5, 5.41) is 9.47. The van der Waals surface area contributed by atoms with Crippen LogP contribution in [-0.4, -0.2) is 57.0 Å². The molecule has 0 radical (unpaired) electrons.